The van der Waals surface area contributed by atoms with E-state index < -0.39 is 0 Å². The number of nitrogens with zero attached hydrogens (tertiary/aromatic N) is 1. The first-order valence-electron chi connectivity index (χ1n) is 6.89. The molecule has 2 rings (SSSR count). The monoisotopic (exact) mass is 338 g/mol. The van der Waals surface area contributed by atoms with Crippen molar-refractivity contribution in [1.29, 1.82) is 0 Å². The standard InChI is InChI=1S/C15H19BrN2O2/c1-3-13(18-8-4-5-14(18)19)15(20)17-12-9-10(2)6-7-11(12)16/h6-7,9,13H,3-5,8H2,1-2H3,(H,17,20)/t13-/m1/s1. The van der Waals surface area contributed by atoms with Gasteiger partial charge in [-0.15, -0.1) is 0 Å². The minimum Gasteiger partial charge on any atom is -0.331 e. The first-order valence-corrected chi connectivity index (χ1v) is 7.68. The van der Waals surface area contributed by atoms with E-state index in [0.29, 0.717) is 19.4 Å². The Morgan fingerprint density at radius 2 is 2.25 bits per heavy atom. The lowest BCUT2D eigenvalue weighted by Crippen LogP contribution is -2.44. The van der Waals surface area contributed by atoms with Crippen LogP contribution >= 0.6 is 15.9 Å². The number of halogens is 1. The second kappa shape index (κ2) is 6.39. The van der Waals surface area contributed by atoms with Gasteiger partial charge in [0.05, 0.1) is 5.69 Å². The second-order valence-corrected chi connectivity index (χ2v) is 5.94. The lowest BCUT2D eigenvalue weighted by atomic mass is 10.1. The van der Waals surface area contributed by atoms with Gasteiger partial charge in [0.2, 0.25) is 11.8 Å². The Morgan fingerprint density at radius 1 is 1.50 bits per heavy atom. The summed E-state index contributed by atoms with van der Waals surface area (Å²) in [5.41, 5.74) is 1.83. The second-order valence-electron chi connectivity index (χ2n) is 5.09. The Morgan fingerprint density at radius 3 is 2.85 bits per heavy atom. The van der Waals surface area contributed by atoms with Gasteiger partial charge >= 0.3 is 0 Å². The third kappa shape index (κ3) is 3.20. The van der Waals surface area contributed by atoms with Crippen LogP contribution < -0.4 is 5.32 Å². The van der Waals surface area contributed by atoms with Gasteiger partial charge in [-0.25, -0.2) is 0 Å². The van der Waals surface area contributed by atoms with Crippen LogP contribution in [0.3, 0.4) is 0 Å². The number of carbonyl (C=O) groups is 2. The minimum absolute atomic E-state index is 0.0790. The molecule has 0 radical (unpaired) electrons. The van der Waals surface area contributed by atoms with E-state index in [9.17, 15) is 9.59 Å². The number of amides is 2. The SMILES string of the molecule is CC[C@H](C(=O)Nc1cc(C)ccc1Br)N1CCCC1=O. The number of benzene rings is 1. The molecule has 0 saturated carbocycles. The third-order valence-electron chi connectivity index (χ3n) is 3.56. The highest BCUT2D eigenvalue weighted by atomic mass is 79.9. The molecule has 1 fully saturated rings. The Bertz CT molecular complexity index is 531. The molecule has 1 aromatic carbocycles. The van der Waals surface area contributed by atoms with Crippen molar-refractivity contribution in [1.82, 2.24) is 4.90 Å². The predicted molar refractivity (Wildman–Crippen MR) is 82.5 cm³/mol. The lowest BCUT2D eigenvalue weighted by Gasteiger charge is -2.26. The van der Waals surface area contributed by atoms with Gasteiger partial charge in [0.25, 0.3) is 0 Å². The van der Waals surface area contributed by atoms with Gasteiger partial charge < -0.3 is 10.2 Å². The summed E-state index contributed by atoms with van der Waals surface area (Å²) < 4.78 is 0.846. The third-order valence-corrected chi connectivity index (χ3v) is 4.25. The molecule has 2 amide bonds. The molecule has 1 heterocycles. The normalized spacial score (nSPS) is 16.4. The summed E-state index contributed by atoms with van der Waals surface area (Å²) in [6, 6.07) is 5.42. The molecule has 0 spiro atoms. The topological polar surface area (TPSA) is 49.4 Å². The molecule has 4 nitrogen and oxygen atoms in total. The average molecular weight is 339 g/mol. The maximum atomic E-state index is 12.4. The fraction of sp³-hybridized carbons (Fsp3) is 0.467. The Hall–Kier alpha value is -1.36. The van der Waals surface area contributed by atoms with E-state index in [1.165, 1.54) is 0 Å². The van der Waals surface area contributed by atoms with Gasteiger partial charge in [0.15, 0.2) is 0 Å². The first-order chi connectivity index (χ1) is 9.52. The molecule has 1 aromatic rings. The number of hydrogen-bond donors (Lipinski definition) is 1. The van der Waals surface area contributed by atoms with E-state index >= 15 is 0 Å². The molecule has 0 bridgehead atoms. The average Bonchev–Trinajstić information content (AvgIpc) is 2.81. The fourth-order valence-electron chi connectivity index (χ4n) is 2.50. The number of aryl methyl sites for hydroxylation is 1. The molecule has 5 heteroatoms. The van der Waals surface area contributed by atoms with Crippen LogP contribution in [0.1, 0.15) is 31.7 Å². The van der Waals surface area contributed by atoms with Crippen molar-refractivity contribution in [2.45, 2.75) is 39.2 Å². The highest BCUT2D eigenvalue weighted by Crippen LogP contribution is 2.24. The number of hydrogen-bond acceptors (Lipinski definition) is 2. The van der Waals surface area contributed by atoms with Gasteiger partial charge in [0, 0.05) is 17.4 Å². The lowest BCUT2D eigenvalue weighted by molar-refractivity contribution is -0.135. The van der Waals surface area contributed by atoms with E-state index in [4.69, 9.17) is 0 Å². The maximum Gasteiger partial charge on any atom is 0.247 e. The highest BCUT2D eigenvalue weighted by molar-refractivity contribution is 9.10. The van der Waals surface area contributed by atoms with Crippen LogP contribution in [0.15, 0.2) is 22.7 Å². The molecule has 1 aliphatic rings. The van der Waals surface area contributed by atoms with Crippen molar-refractivity contribution in [3.8, 4) is 0 Å². The van der Waals surface area contributed by atoms with Gasteiger partial charge in [-0.1, -0.05) is 13.0 Å². The van der Waals surface area contributed by atoms with Gasteiger partial charge in [-0.2, -0.15) is 0 Å². The summed E-state index contributed by atoms with van der Waals surface area (Å²) in [6.45, 7) is 4.59. The van der Waals surface area contributed by atoms with Crippen LogP contribution in [0.5, 0.6) is 0 Å². The number of anilines is 1. The predicted octanol–water partition coefficient (Wildman–Crippen LogP) is 3.10. The van der Waals surface area contributed by atoms with Gasteiger partial charge in [-0.05, 0) is 53.4 Å². The molecule has 0 aliphatic carbocycles. The van der Waals surface area contributed by atoms with E-state index in [1.54, 1.807) is 4.90 Å². The number of rotatable bonds is 4. The molecule has 1 saturated heterocycles. The van der Waals surface area contributed by atoms with Crippen LogP contribution in [-0.4, -0.2) is 29.3 Å². The van der Waals surface area contributed by atoms with Crippen molar-refractivity contribution in [3.05, 3.63) is 28.2 Å². The Balaban J connectivity index is 2.13. The summed E-state index contributed by atoms with van der Waals surface area (Å²) in [6.07, 6.45) is 2.02. The largest absolute Gasteiger partial charge is 0.331 e. The summed E-state index contributed by atoms with van der Waals surface area (Å²) in [5, 5.41) is 2.92. The summed E-state index contributed by atoms with van der Waals surface area (Å²) in [5.74, 6) is -0.0376. The first kappa shape index (κ1) is 15.0. The van der Waals surface area contributed by atoms with E-state index in [0.717, 1.165) is 22.1 Å². The molecular weight excluding hydrogens is 320 g/mol. The zero-order valence-electron chi connectivity index (χ0n) is 11.8. The molecule has 108 valence electrons. The molecule has 1 aliphatic heterocycles. The molecule has 1 atom stereocenters. The number of carbonyl (C=O) groups excluding carboxylic acids is 2. The van der Waals surface area contributed by atoms with Crippen molar-refractivity contribution in [2.24, 2.45) is 0 Å². The summed E-state index contributed by atoms with van der Waals surface area (Å²) >= 11 is 3.43. The Labute approximate surface area is 127 Å². The zero-order valence-corrected chi connectivity index (χ0v) is 13.4. The quantitative estimate of drug-likeness (QED) is 0.916. The van der Waals surface area contributed by atoms with Crippen molar-refractivity contribution in [3.63, 3.8) is 0 Å². The van der Waals surface area contributed by atoms with Crippen LogP contribution in [0.4, 0.5) is 5.69 Å². The van der Waals surface area contributed by atoms with Crippen LogP contribution in [-0.2, 0) is 9.59 Å². The van der Waals surface area contributed by atoms with E-state index in [1.807, 2.05) is 32.0 Å². The molecular formula is C15H19BrN2O2. The smallest absolute Gasteiger partial charge is 0.247 e. The molecule has 0 unspecified atom stereocenters. The van der Waals surface area contributed by atoms with Gasteiger partial charge in [-0.3, -0.25) is 9.59 Å². The molecule has 20 heavy (non-hydrogen) atoms. The fourth-order valence-corrected chi connectivity index (χ4v) is 2.84. The van der Waals surface area contributed by atoms with Crippen molar-refractivity contribution >= 4 is 33.4 Å². The summed E-state index contributed by atoms with van der Waals surface area (Å²) in [7, 11) is 0. The van der Waals surface area contributed by atoms with Gasteiger partial charge in [0.1, 0.15) is 6.04 Å². The van der Waals surface area contributed by atoms with E-state index in [2.05, 4.69) is 21.2 Å². The summed E-state index contributed by atoms with van der Waals surface area (Å²) in [4.78, 5) is 25.9. The van der Waals surface area contributed by atoms with Crippen LogP contribution in [0.25, 0.3) is 0 Å². The molecule has 0 aromatic heterocycles. The van der Waals surface area contributed by atoms with Crippen molar-refractivity contribution in [2.75, 3.05) is 11.9 Å². The molecule has 1 N–H and O–H groups in total. The van der Waals surface area contributed by atoms with Crippen LogP contribution in [0.2, 0.25) is 0 Å². The maximum absolute atomic E-state index is 12.4. The highest BCUT2D eigenvalue weighted by Gasteiger charge is 2.31. The number of likely N-dealkylation sites (tertiary alicyclic amines) is 1. The van der Waals surface area contributed by atoms with E-state index in [-0.39, 0.29) is 17.9 Å². The zero-order chi connectivity index (χ0) is 14.7. The minimum atomic E-state index is -0.377. The Kier molecular flexibility index (Phi) is 4.81. The number of nitrogens with one attached hydrogen (secondary N) is 1. The van der Waals surface area contributed by atoms with Crippen LogP contribution in [0, 0.1) is 6.92 Å². The van der Waals surface area contributed by atoms with Crippen molar-refractivity contribution < 1.29 is 9.59 Å².